The average Bonchev–Trinajstić information content (AvgIpc) is 2.42. The van der Waals surface area contributed by atoms with Crippen molar-refractivity contribution in [1.82, 2.24) is 0 Å². The molecule has 116 valence electrons. The van der Waals surface area contributed by atoms with Crippen LogP contribution in [0.1, 0.15) is 46.1 Å². The van der Waals surface area contributed by atoms with E-state index in [0.29, 0.717) is 17.1 Å². The third-order valence-electron chi connectivity index (χ3n) is 3.37. The van der Waals surface area contributed by atoms with Crippen LogP contribution >= 0.6 is 11.6 Å². The summed E-state index contributed by atoms with van der Waals surface area (Å²) in [4.78, 5) is 23.4. The van der Waals surface area contributed by atoms with Crippen molar-refractivity contribution in [3.63, 3.8) is 0 Å². The first-order valence-electron chi connectivity index (χ1n) is 7.44. The van der Waals surface area contributed by atoms with Gasteiger partial charge >= 0.3 is 0 Å². The zero-order valence-electron chi connectivity index (χ0n) is 13.2. The molecule has 0 heterocycles. The van der Waals surface area contributed by atoms with Gasteiger partial charge in [-0.1, -0.05) is 51.4 Å². The number of rotatable bonds is 7. The van der Waals surface area contributed by atoms with E-state index < -0.39 is 0 Å². The Kier molecular flexibility index (Phi) is 6.90. The highest BCUT2D eigenvalue weighted by Crippen LogP contribution is 2.27. The van der Waals surface area contributed by atoms with Gasteiger partial charge in [-0.2, -0.15) is 0 Å². The van der Waals surface area contributed by atoms with Crippen LogP contribution in [-0.2, 0) is 16.0 Å². The van der Waals surface area contributed by atoms with Gasteiger partial charge in [0.05, 0.1) is 10.7 Å². The van der Waals surface area contributed by atoms with Gasteiger partial charge in [-0.3, -0.25) is 9.59 Å². The van der Waals surface area contributed by atoms with Crippen molar-refractivity contribution in [1.29, 1.82) is 0 Å². The van der Waals surface area contributed by atoms with Crippen LogP contribution in [0.5, 0.6) is 0 Å². The Morgan fingerprint density at radius 1 is 1.14 bits per heavy atom. The number of hydrogen-bond donors (Lipinski definition) is 1. The van der Waals surface area contributed by atoms with E-state index in [1.807, 2.05) is 39.8 Å². The summed E-state index contributed by atoms with van der Waals surface area (Å²) in [6.07, 6.45) is 2.08. The molecular formula is C17H24ClNO2. The summed E-state index contributed by atoms with van der Waals surface area (Å²) < 4.78 is 0. The Labute approximate surface area is 132 Å². The number of aryl methyl sites for hydroxylation is 1. The number of ketones is 1. The van der Waals surface area contributed by atoms with E-state index in [0.717, 1.165) is 18.4 Å². The maximum absolute atomic E-state index is 11.7. The van der Waals surface area contributed by atoms with Crippen molar-refractivity contribution in [3.8, 4) is 0 Å². The number of Topliss-reactive ketones (excluding diaryl/α,β-unsaturated/α-hetero) is 1. The highest BCUT2D eigenvalue weighted by molar-refractivity contribution is 6.34. The van der Waals surface area contributed by atoms with Crippen molar-refractivity contribution in [2.45, 2.75) is 47.0 Å². The molecular weight excluding hydrogens is 286 g/mol. The van der Waals surface area contributed by atoms with Crippen LogP contribution in [0, 0.1) is 11.8 Å². The Bertz CT molecular complexity index is 510. The molecule has 0 atom stereocenters. The van der Waals surface area contributed by atoms with Crippen LogP contribution in [0.15, 0.2) is 18.2 Å². The SMILES string of the molecule is CC(C)C(=O)CCCc1cccc(NC(=O)C(C)C)c1Cl. The molecule has 1 aromatic rings. The molecule has 0 fully saturated rings. The molecule has 0 bridgehead atoms. The topological polar surface area (TPSA) is 46.2 Å². The number of carbonyl (C=O) groups excluding carboxylic acids is 2. The molecule has 0 aliphatic carbocycles. The smallest absolute Gasteiger partial charge is 0.226 e. The third kappa shape index (κ3) is 5.50. The molecule has 1 aromatic carbocycles. The molecule has 0 saturated carbocycles. The summed E-state index contributed by atoms with van der Waals surface area (Å²) in [5.74, 6) is 0.213. The van der Waals surface area contributed by atoms with Crippen LogP contribution in [0.2, 0.25) is 5.02 Å². The van der Waals surface area contributed by atoms with Crippen molar-refractivity contribution < 1.29 is 9.59 Å². The summed E-state index contributed by atoms with van der Waals surface area (Å²) in [6, 6.07) is 5.61. The average molecular weight is 310 g/mol. The first-order chi connectivity index (χ1) is 9.82. The Balaban J connectivity index is 2.68. The minimum atomic E-state index is -0.0895. The lowest BCUT2D eigenvalue weighted by Gasteiger charge is -2.12. The molecule has 4 heteroatoms. The highest BCUT2D eigenvalue weighted by Gasteiger charge is 2.12. The van der Waals surface area contributed by atoms with Crippen LogP contribution in [0.25, 0.3) is 0 Å². The molecule has 3 nitrogen and oxygen atoms in total. The monoisotopic (exact) mass is 309 g/mol. The Morgan fingerprint density at radius 3 is 2.38 bits per heavy atom. The molecule has 0 aliphatic heterocycles. The molecule has 1 amide bonds. The zero-order chi connectivity index (χ0) is 16.0. The summed E-state index contributed by atoms with van der Waals surface area (Å²) in [5.41, 5.74) is 1.61. The quantitative estimate of drug-likeness (QED) is 0.807. The lowest BCUT2D eigenvalue weighted by Crippen LogP contribution is -2.18. The summed E-state index contributed by atoms with van der Waals surface area (Å²) in [5, 5.41) is 3.40. The van der Waals surface area contributed by atoms with Gasteiger partial charge in [0.25, 0.3) is 0 Å². The van der Waals surface area contributed by atoms with E-state index in [1.165, 1.54) is 0 Å². The minimum absolute atomic E-state index is 0.0518. The van der Waals surface area contributed by atoms with E-state index in [4.69, 9.17) is 11.6 Å². The summed E-state index contributed by atoms with van der Waals surface area (Å²) in [6.45, 7) is 7.50. The second-order valence-corrected chi connectivity index (χ2v) is 6.28. The van der Waals surface area contributed by atoms with Crippen LogP contribution < -0.4 is 5.32 Å². The predicted molar refractivity (Wildman–Crippen MR) is 87.7 cm³/mol. The van der Waals surface area contributed by atoms with Crippen molar-refractivity contribution >= 4 is 29.0 Å². The molecule has 0 aromatic heterocycles. The third-order valence-corrected chi connectivity index (χ3v) is 3.82. The number of nitrogens with one attached hydrogen (secondary N) is 1. The normalized spacial score (nSPS) is 11.0. The second-order valence-electron chi connectivity index (χ2n) is 5.90. The number of halogens is 1. The zero-order valence-corrected chi connectivity index (χ0v) is 14.0. The van der Waals surface area contributed by atoms with Gasteiger partial charge in [-0.25, -0.2) is 0 Å². The number of hydrogen-bond acceptors (Lipinski definition) is 2. The minimum Gasteiger partial charge on any atom is -0.325 e. The lowest BCUT2D eigenvalue weighted by atomic mass is 10.0. The van der Waals surface area contributed by atoms with Gasteiger partial charge in [0, 0.05) is 18.3 Å². The summed E-state index contributed by atoms with van der Waals surface area (Å²) in [7, 11) is 0. The first kappa shape index (κ1) is 17.7. The van der Waals surface area contributed by atoms with Crippen LogP contribution in [0.4, 0.5) is 5.69 Å². The number of carbonyl (C=O) groups is 2. The highest BCUT2D eigenvalue weighted by atomic mass is 35.5. The predicted octanol–water partition coefficient (Wildman–Crippen LogP) is 4.48. The molecule has 0 saturated heterocycles. The maximum Gasteiger partial charge on any atom is 0.226 e. The van der Waals surface area contributed by atoms with E-state index in [1.54, 1.807) is 6.07 Å². The van der Waals surface area contributed by atoms with Crippen molar-refractivity contribution in [2.24, 2.45) is 11.8 Å². The molecule has 0 radical (unpaired) electrons. The maximum atomic E-state index is 11.7. The van der Waals surface area contributed by atoms with Gasteiger partial charge in [0.1, 0.15) is 5.78 Å². The fourth-order valence-corrected chi connectivity index (χ4v) is 2.16. The van der Waals surface area contributed by atoms with Gasteiger partial charge in [-0.15, -0.1) is 0 Å². The van der Waals surface area contributed by atoms with Crippen molar-refractivity contribution in [2.75, 3.05) is 5.32 Å². The van der Waals surface area contributed by atoms with E-state index in [-0.39, 0.29) is 23.5 Å². The standard InChI is InChI=1S/C17H24ClNO2/c1-11(2)15(20)10-6-8-13-7-5-9-14(16(13)18)19-17(21)12(3)4/h5,7,9,11-12H,6,8,10H2,1-4H3,(H,19,21). The largest absolute Gasteiger partial charge is 0.325 e. The van der Waals surface area contributed by atoms with Crippen LogP contribution in [0.3, 0.4) is 0 Å². The molecule has 0 spiro atoms. The molecule has 0 unspecified atom stereocenters. The van der Waals surface area contributed by atoms with E-state index in [2.05, 4.69) is 5.32 Å². The number of anilines is 1. The van der Waals surface area contributed by atoms with E-state index >= 15 is 0 Å². The number of amides is 1. The first-order valence-corrected chi connectivity index (χ1v) is 7.81. The molecule has 0 aliphatic rings. The summed E-state index contributed by atoms with van der Waals surface area (Å²) >= 11 is 6.34. The number of benzene rings is 1. The molecule has 1 N–H and O–H groups in total. The molecule has 1 rings (SSSR count). The van der Waals surface area contributed by atoms with Gasteiger partial charge < -0.3 is 5.32 Å². The molecule has 21 heavy (non-hydrogen) atoms. The van der Waals surface area contributed by atoms with E-state index in [9.17, 15) is 9.59 Å². The fourth-order valence-electron chi connectivity index (χ4n) is 1.89. The van der Waals surface area contributed by atoms with Gasteiger partial charge in [-0.05, 0) is 24.5 Å². The van der Waals surface area contributed by atoms with Gasteiger partial charge in [0.2, 0.25) is 5.91 Å². The Hall–Kier alpha value is -1.35. The Morgan fingerprint density at radius 2 is 1.81 bits per heavy atom. The lowest BCUT2D eigenvalue weighted by molar-refractivity contribution is -0.122. The van der Waals surface area contributed by atoms with Gasteiger partial charge in [0.15, 0.2) is 0 Å². The van der Waals surface area contributed by atoms with Crippen LogP contribution in [-0.4, -0.2) is 11.7 Å². The second kappa shape index (κ2) is 8.18. The van der Waals surface area contributed by atoms with Crippen molar-refractivity contribution in [3.05, 3.63) is 28.8 Å². The fraction of sp³-hybridized carbons (Fsp3) is 0.529.